The zero-order chi connectivity index (χ0) is 6.85. The summed E-state index contributed by atoms with van der Waals surface area (Å²) in [7, 11) is 0. The first-order valence-electron chi connectivity index (χ1n) is 3.95. The molecule has 1 nitrogen and oxygen atoms in total. The fraction of sp³-hybridized carbons (Fsp3) is 1.00. The lowest BCUT2D eigenvalue weighted by Crippen LogP contribution is -2.15. The Hall–Kier alpha value is -0.0400. The molecule has 0 aliphatic heterocycles. The highest BCUT2D eigenvalue weighted by Gasteiger charge is 2.23. The van der Waals surface area contributed by atoms with Crippen LogP contribution in [0.3, 0.4) is 0 Å². The molecule has 2 atom stereocenters. The van der Waals surface area contributed by atoms with Gasteiger partial charge in [0.1, 0.15) is 0 Å². The van der Waals surface area contributed by atoms with Crippen molar-refractivity contribution in [3.8, 4) is 0 Å². The minimum absolute atomic E-state index is 0.511. The van der Waals surface area contributed by atoms with Gasteiger partial charge in [0.2, 0.25) is 0 Å². The molecule has 0 unspecified atom stereocenters. The molecule has 0 aromatic rings. The molecule has 1 aliphatic rings. The van der Waals surface area contributed by atoms with Gasteiger partial charge in [-0.3, -0.25) is 0 Å². The lowest BCUT2D eigenvalue weighted by molar-refractivity contribution is 0.391. The summed E-state index contributed by atoms with van der Waals surface area (Å²) in [6.45, 7) is 4.59. The van der Waals surface area contributed by atoms with E-state index in [-0.39, 0.29) is 0 Å². The van der Waals surface area contributed by atoms with Crippen LogP contribution in [0.25, 0.3) is 0 Å². The molecule has 54 valence electrons. The van der Waals surface area contributed by atoms with Gasteiger partial charge in [-0.25, -0.2) is 0 Å². The smallest absolute Gasteiger partial charge is 0.00416 e. The van der Waals surface area contributed by atoms with E-state index in [0.29, 0.717) is 6.04 Å². The predicted octanol–water partition coefficient (Wildman–Crippen LogP) is 1.77. The largest absolute Gasteiger partial charge is 0.328 e. The van der Waals surface area contributed by atoms with E-state index in [1.165, 1.54) is 19.3 Å². The summed E-state index contributed by atoms with van der Waals surface area (Å²) in [5.74, 6) is 1.76. The van der Waals surface area contributed by atoms with Crippen molar-refractivity contribution in [2.75, 3.05) is 0 Å². The topological polar surface area (TPSA) is 26.0 Å². The molecule has 1 fully saturated rings. The van der Waals surface area contributed by atoms with Gasteiger partial charge in [0.15, 0.2) is 0 Å². The van der Waals surface area contributed by atoms with E-state index in [0.717, 1.165) is 11.8 Å². The summed E-state index contributed by atoms with van der Waals surface area (Å²) < 4.78 is 0. The second kappa shape index (κ2) is 2.70. The Morgan fingerprint density at radius 3 is 2.22 bits per heavy atom. The van der Waals surface area contributed by atoms with Crippen LogP contribution in [0.15, 0.2) is 0 Å². The first-order valence-corrected chi connectivity index (χ1v) is 3.95. The van der Waals surface area contributed by atoms with Crippen LogP contribution in [0.4, 0.5) is 0 Å². The van der Waals surface area contributed by atoms with Crippen LogP contribution in [-0.4, -0.2) is 6.04 Å². The highest BCUT2D eigenvalue weighted by Crippen LogP contribution is 2.29. The van der Waals surface area contributed by atoms with Gasteiger partial charge in [0.05, 0.1) is 0 Å². The molecule has 0 saturated heterocycles. The Bertz CT molecular complexity index is 88.6. The van der Waals surface area contributed by atoms with E-state index in [4.69, 9.17) is 5.73 Å². The molecule has 0 aromatic carbocycles. The van der Waals surface area contributed by atoms with Crippen LogP contribution in [0.5, 0.6) is 0 Å². The quantitative estimate of drug-likeness (QED) is 0.570. The van der Waals surface area contributed by atoms with Crippen molar-refractivity contribution in [1.82, 2.24) is 0 Å². The standard InChI is InChI=1S/C8H17N/c1-6(2)7-3-4-8(9)5-7/h6-8H,3-5,9H2,1-2H3/t7-,8+/m0/s1. The SMILES string of the molecule is CC(C)[C@H]1CC[C@@H](N)C1. The molecular formula is C8H17N. The lowest BCUT2D eigenvalue weighted by atomic mass is 9.94. The van der Waals surface area contributed by atoms with Crippen LogP contribution in [0.2, 0.25) is 0 Å². The monoisotopic (exact) mass is 127 g/mol. The fourth-order valence-electron chi connectivity index (χ4n) is 1.66. The summed E-state index contributed by atoms with van der Waals surface area (Å²) >= 11 is 0. The minimum atomic E-state index is 0.511. The zero-order valence-electron chi connectivity index (χ0n) is 6.43. The van der Waals surface area contributed by atoms with Crippen molar-refractivity contribution in [1.29, 1.82) is 0 Å². The van der Waals surface area contributed by atoms with Gasteiger partial charge in [-0.15, -0.1) is 0 Å². The molecule has 2 N–H and O–H groups in total. The Morgan fingerprint density at radius 1 is 1.33 bits per heavy atom. The maximum Gasteiger partial charge on any atom is 0.00416 e. The Morgan fingerprint density at radius 2 is 2.00 bits per heavy atom. The number of hydrogen-bond donors (Lipinski definition) is 1. The number of nitrogens with two attached hydrogens (primary N) is 1. The third-order valence-corrected chi connectivity index (χ3v) is 2.46. The summed E-state index contributed by atoms with van der Waals surface area (Å²) in [5.41, 5.74) is 5.76. The van der Waals surface area contributed by atoms with E-state index in [9.17, 15) is 0 Å². The molecule has 1 rings (SSSR count). The number of rotatable bonds is 1. The second-order valence-corrected chi connectivity index (χ2v) is 3.58. The fourth-order valence-corrected chi connectivity index (χ4v) is 1.66. The predicted molar refractivity (Wildman–Crippen MR) is 40.2 cm³/mol. The molecule has 9 heavy (non-hydrogen) atoms. The van der Waals surface area contributed by atoms with Crippen molar-refractivity contribution in [3.05, 3.63) is 0 Å². The first kappa shape index (κ1) is 7.07. The molecule has 0 aromatic heterocycles. The van der Waals surface area contributed by atoms with Crippen molar-refractivity contribution in [2.45, 2.75) is 39.2 Å². The van der Waals surface area contributed by atoms with Crippen LogP contribution in [0, 0.1) is 11.8 Å². The minimum Gasteiger partial charge on any atom is -0.328 e. The van der Waals surface area contributed by atoms with Gasteiger partial charge >= 0.3 is 0 Å². The summed E-state index contributed by atoms with van der Waals surface area (Å²) in [6.07, 6.45) is 3.87. The maximum atomic E-state index is 5.76. The average Bonchev–Trinajstić information content (AvgIpc) is 2.14. The van der Waals surface area contributed by atoms with Gasteiger partial charge in [-0.05, 0) is 31.1 Å². The summed E-state index contributed by atoms with van der Waals surface area (Å²) in [5, 5.41) is 0. The van der Waals surface area contributed by atoms with Crippen molar-refractivity contribution in [3.63, 3.8) is 0 Å². The van der Waals surface area contributed by atoms with Crippen molar-refractivity contribution < 1.29 is 0 Å². The lowest BCUT2D eigenvalue weighted by Gasteiger charge is -2.12. The maximum absolute atomic E-state index is 5.76. The molecule has 0 amide bonds. The van der Waals surface area contributed by atoms with E-state index >= 15 is 0 Å². The summed E-state index contributed by atoms with van der Waals surface area (Å²) in [4.78, 5) is 0. The molecule has 0 spiro atoms. The van der Waals surface area contributed by atoms with E-state index in [1.807, 2.05) is 0 Å². The normalized spacial score (nSPS) is 36.0. The third kappa shape index (κ3) is 1.68. The Kier molecular flexibility index (Phi) is 2.12. The molecule has 1 aliphatic carbocycles. The van der Waals surface area contributed by atoms with E-state index in [2.05, 4.69) is 13.8 Å². The van der Waals surface area contributed by atoms with E-state index in [1.54, 1.807) is 0 Å². The average molecular weight is 127 g/mol. The number of hydrogen-bond acceptors (Lipinski definition) is 1. The van der Waals surface area contributed by atoms with Crippen LogP contribution < -0.4 is 5.73 Å². The van der Waals surface area contributed by atoms with Gasteiger partial charge in [0, 0.05) is 6.04 Å². The van der Waals surface area contributed by atoms with Crippen LogP contribution in [0.1, 0.15) is 33.1 Å². The molecule has 1 heteroatoms. The van der Waals surface area contributed by atoms with Crippen molar-refractivity contribution in [2.24, 2.45) is 17.6 Å². The van der Waals surface area contributed by atoms with Gasteiger partial charge in [-0.1, -0.05) is 13.8 Å². The molecule has 0 radical (unpaired) electrons. The molecular weight excluding hydrogens is 110 g/mol. The van der Waals surface area contributed by atoms with Gasteiger partial charge < -0.3 is 5.73 Å². The molecule has 1 saturated carbocycles. The van der Waals surface area contributed by atoms with E-state index < -0.39 is 0 Å². The molecule has 0 heterocycles. The molecule has 0 bridgehead atoms. The zero-order valence-corrected chi connectivity index (χ0v) is 6.43. The Balaban J connectivity index is 2.30. The first-order chi connectivity index (χ1) is 4.20. The highest BCUT2D eigenvalue weighted by molar-refractivity contribution is 4.79. The Labute approximate surface area is 57.6 Å². The van der Waals surface area contributed by atoms with Crippen LogP contribution >= 0.6 is 0 Å². The summed E-state index contributed by atoms with van der Waals surface area (Å²) in [6, 6.07) is 0.511. The van der Waals surface area contributed by atoms with Gasteiger partial charge in [0.25, 0.3) is 0 Å². The van der Waals surface area contributed by atoms with Gasteiger partial charge in [-0.2, -0.15) is 0 Å². The second-order valence-electron chi connectivity index (χ2n) is 3.58. The van der Waals surface area contributed by atoms with Crippen molar-refractivity contribution >= 4 is 0 Å². The van der Waals surface area contributed by atoms with Crippen LogP contribution in [-0.2, 0) is 0 Å². The highest BCUT2D eigenvalue weighted by atomic mass is 14.6. The third-order valence-electron chi connectivity index (χ3n) is 2.46.